The second kappa shape index (κ2) is 20.4. The fourth-order valence-electron chi connectivity index (χ4n) is 3.18. The van der Waals surface area contributed by atoms with Crippen LogP contribution < -0.4 is 0 Å². The quantitative estimate of drug-likeness (QED) is 0.0981. The minimum Gasteiger partial charge on any atom is -0.356 e. The number of thiocarbonyl (C=S) groups is 2. The lowest BCUT2D eigenvalue weighted by atomic mass is 10.1. The van der Waals surface area contributed by atoms with Crippen LogP contribution in [0.3, 0.4) is 0 Å². The van der Waals surface area contributed by atoms with Gasteiger partial charge in [0, 0.05) is 37.7 Å². The molecule has 0 saturated heterocycles. The summed E-state index contributed by atoms with van der Waals surface area (Å²) < 4.78 is 2.12. The van der Waals surface area contributed by atoms with Crippen molar-refractivity contribution in [1.29, 1.82) is 0 Å². The van der Waals surface area contributed by atoms with Gasteiger partial charge in [-0.1, -0.05) is 114 Å². The Hall–Kier alpha value is 1.18. The fraction of sp³-hybridized carbons (Fsp3) is 0.917. The van der Waals surface area contributed by atoms with Gasteiger partial charge in [-0.15, -0.1) is 0 Å². The Morgan fingerprint density at radius 2 is 0.812 bits per heavy atom. The molecule has 0 atom stereocenters. The van der Waals surface area contributed by atoms with E-state index in [-0.39, 0.29) is 0 Å². The molecular formula is C24H48N2S6. The third-order valence-corrected chi connectivity index (χ3v) is 10.6. The van der Waals surface area contributed by atoms with Crippen molar-refractivity contribution in [2.45, 2.75) is 81.1 Å². The molecule has 0 bridgehead atoms. The summed E-state index contributed by atoms with van der Waals surface area (Å²) in [5.74, 6) is 4.97. The number of hydrogen-bond donors (Lipinski definition) is 0. The molecule has 0 aromatic carbocycles. The highest BCUT2D eigenvalue weighted by molar-refractivity contribution is 8.84. The van der Waals surface area contributed by atoms with Crippen molar-refractivity contribution in [2.24, 2.45) is 23.7 Å². The maximum atomic E-state index is 5.69. The van der Waals surface area contributed by atoms with Crippen LogP contribution in [0.2, 0.25) is 0 Å². The first-order chi connectivity index (χ1) is 15.0. The first-order valence-corrected chi connectivity index (χ1v) is 17.6. The predicted octanol–water partition coefficient (Wildman–Crippen LogP) is 9.11. The van der Waals surface area contributed by atoms with E-state index in [0.717, 1.165) is 34.8 Å². The predicted molar refractivity (Wildman–Crippen MR) is 166 cm³/mol. The molecule has 0 saturated carbocycles. The minimum atomic E-state index is 0.649. The van der Waals surface area contributed by atoms with Crippen molar-refractivity contribution in [3.05, 3.63) is 0 Å². The number of hydrogen-bond acceptors (Lipinski definition) is 6. The Morgan fingerprint density at radius 3 is 1.06 bits per heavy atom. The summed E-state index contributed by atoms with van der Waals surface area (Å²) >= 11 is 11.4. The SMILES string of the molecule is CC(C)CN(CC(C)C)C(=S)SSCCCCCCSSC(=S)N(CC(C)C)CC(C)C. The van der Waals surface area contributed by atoms with Gasteiger partial charge in [-0.25, -0.2) is 0 Å². The molecule has 0 heterocycles. The molecule has 0 unspecified atom stereocenters. The van der Waals surface area contributed by atoms with Crippen molar-refractivity contribution < 1.29 is 0 Å². The fourth-order valence-corrected chi connectivity index (χ4v) is 8.31. The maximum Gasteiger partial charge on any atom is 0.147 e. The first-order valence-electron chi connectivity index (χ1n) is 12.2. The van der Waals surface area contributed by atoms with Crippen molar-refractivity contribution >= 4 is 76.3 Å². The van der Waals surface area contributed by atoms with Gasteiger partial charge in [0.1, 0.15) is 8.64 Å². The molecule has 0 rings (SSSR count). The van der Waals surface area contributed by atoms with Gasteiger partial charge in [0.15, 0.2) is 0 Å². The molecular weight excluding hydrogens is 509 g/mol. The van der Waals surface area contributed by atoms with Crippen molar-refractivity contribution in [2.75, 3.05) is 37.7 Å². The van der Waals surface area contributed by atoms with Gasteiger partial charge in [0.05, 0.1) is 0 Å². The van der Waals surface area contributed by atoms with E-state index in [2.05, 4.69) is 65.2 Å². The van der Waals surface area contributed by atoms with Crippen LogP contribution in [0.25, 0.3) is 0 Å². The number of nitrogens with zero attached hydrogens (tertiary/aromatic N) is 2. The Bertz CT molecular complexity index is 433. The van der Waals surface area contributed by atoms with E-state index in [4.69, 9.17) is 24.4 Å². The van der Waals surface area contributed by atoms with E-state index in [1.807, 2.05) is 21.6 Å². The smallest absolute Gasteiger partial charge is 0.147 e. The van der Waals surface area contributed by atoms with Crippen LogP contribution in [0.4, 0.5) is 0 Å². The van der Waals surface area contributed by atoms with Crippen molar-refractivity contribution in [1.82, 2.24) is 9.80 Å². The highest BCUT2D eigenvalue weighted by Gasteiger charge is 2.15. The zero-order chi connectivity index (χ0) is 24.5. The molecule has 32 heavy (non-hydrogen) atoms. The van der Waals surface area contributed by atoms with E-state index in [9.17, 15) is 0 Å². The molecule has 0 spiro atoms. The lowest BCUT2D eigenvalue weighted by Gasteiger charge is -2.28. The summed E-state index contributed by atoms with van der Waals surface area (Å²) in [4.78, 5) is 4.79. The van der Waals surface area contributed by atoms with E-state index in [1.54, 1.807) is 21.6 Å². The highest BCUT2D eigenvalue weighted by atomic mass is 33.1. The second-order valence-corrected chi connectivity index (χ2v) is 16.2. The molecule has 0 fully saturated rings. The molecule has 0 aliphatic rings. The Balaban J connectivity index is 3.86. The molecule has 0 aliphatic heterocycles. The average molecular weight is 557 g/mol. The summed E-state index contributed by atoms with van der Waals surface area (Å²) in [7, 11) is 7.47. The molecule has 0 aromatic rings. The second-order valence-electron chi connectivity index (χ2n) is 10.1. The van der Waals surface area contributed by atoms with Gasteiger partial charge in [0.2, 0.25) is 0 Å². The molecule has 2 nitrogen and oxygen atoms in total. The monoisotopic (exact) mass is 556 g/mol. The molecule has 190 valence electrons. The van der Waals surface area contributed by atoms with E-state index >= 15 is 0 Å². The standard InChI is InChI=1S/C24H48N2S6/c1-19(2)15-25(16-20(3)4)23(27)31-29-13-11-9-10-12-14-30-32-24(28)26(17-21(5)6)18-22(7)8/h19-22H,9-18H2,1-8H3. The lowest BCUT2D eigenvalue weighted by Crippen LogP contribution is -2.34. The van der Waals surface area contributed by atoms with Crippen LogP contribution in [-0.4, -0.2) is 56.1 Å². The van der Waals surface area contributed by atoms with Crippen LogP contribution in [0.15, 0.2) is 0 Å². The van der Waals surface area contributed by atoms with Gasteiger partial charge < -0.3 is 9.80 Å². The van der Waals surface area contributed by atoms with Gasteiger partial charge in [-0.3, -0.25) is 0 Å². The number of rotatable bonds is 17. The Kier molecular flexibility index (Phi) is 21.1. The molecule has 0 amide bonds. The third kappa shape index (κ3) is 19.5. The van der Waals surface area contributed by atoms with Gasteiger partial charge in [0.25, 0.3) is 0 Å². The maximum absolute atomic E-state index is 5.69. The van der Waals surface area contributed by atoms with Crippen molar-refractivity contribution in [3.63, 3.8) is 0 Å². The van der Waals surface area contributed by atoms with E-state index in [1.165, 1.54) is 37.2 Å². The molecule has 8 heteroatoms. The summed E-state index contributed by atoms with van der Waals surface area (Å²) in [5, 5.41) is 0. The van der Waals surface area contributed by atoms with Crippen LogP contribution >= 0.6 is 67.6 Å². The average Bonchev–Trinajstić information content (AvgIpc) is 2.66. The van der Waals surface area contributed by atoms with Crippen LogP contribution in [0.5, 0.6) is 0 Å². The van der Waals surface area contributed by atoms with E-state index in [0.29, 0.717) is 23.7 Å². The Morgan fingerprint density at radius 1 is 0.531 bits per heavy atom. The zero-order valence-electron chi connectivity index (χ0n) is 21.7. The number of unbranched alkanes of at least 4 members (excludes halogenated alkanes) is 3. The first kappa shape index (κ1) is 33.2. The zero-order valence-corrected chi connectivity index (χ0v) is 26.6. The topological polar surface area (TPSA) is 6.48 Å². The molecule has 0 aliphatic carbocycles. The minimum absolute atomic E-state index is 0.649. The highest BCUT2D eigenvalue weighted by Crippen LogP contribution is 2.29. The molecule has 0 radical (unpaired) electrons. The summed E-state index contributed by atoms with van der Waals surface area (Å²) in [5.41, 5.74) is 0. The van der Waals surface area contributed by atoms with E-state index < -0.39 is 0 Å². The molecule has 0 N–H and O–H groups in total. The largest absolute Gasteiger partial charge is 0.356 e. The van der Waals surface area contributed by atoms with Crippen LogP contribution in [-0.2, 0) is 0 Å². The third-order valence-electron chi connectivity index (χ3n) is 4.32. The lowest BCUT2D eigenvalue weighted by molar-refractivity contribution is 0.337. The van der Waals surface area contributed by atoms with Gasteiger partial charge in [-0.2, -0.15) is 0 Å². The van der Waals surface area contributed by atoms with Crippen molar-refractivity contribution in [3.8, 4) is 0 Å². The van der Waals surface area contributed by atoms with Crippen LogP contribution in [0.1, 0.15) is 81.1 Å². The van der Waals surface area contributed by atoms with Gasteiger partial charge >= 0.3 is 0 Å². The summed E-state index contributed by atoms with van der Waals surface area (Å²) in [6, 6.07) is 0. The molecule has 0 aromatic heterocycles. The van der Waals surface area contributed by atoms with Crippen LogP contribution in [0, 0.1) is 23.7 Å². The summed E-state index contributed by atoms with van der Waals surface area (Å²) in [6.07, 6.45) is 5.18. The normalized spacial score (nSPS) is 11.8. The summed E-state index contributed by atoms with van der Waals surface area (Å²) in [6.45, 7) is 22.4. The Labute approximate surface area is 227 Å². The van der Waals surface area contributed by atoms with Gasteiger partial charge in [-0.05, 0) is 58.1 Å².